The summed E-state index contributed by atoms with van der Waals surface area (Å²) in [6.45, 7) is -0.302. The first-order chi connectivity index (χ1) is 13.6. The lowest BCUT2D eigenvalue weighted by atomic mass is 10.2. The molecule has 0 spiro atoms. The molecule has 10 nitrogen and oxygen atoms in total. The summed E-state index contributed by atoms with van der Waals surface area (Å²) in [5, 5.41) is 17.9. The first-order valence-electron chi connectivity index (χ1n) is 8.25. The summed E-state index contributed by atoms with van der Waals surface area (Å²) in [7, 11) is 1.26. The third-order valence-corrected chi connectivity index (χ3v) is 4.15. The number of amides is 1. The first-order valence-corrected chi connectivity index (χ1v) is 8.25. The van der Waals surface area contributed by atoms with Crippen LogP contribution in [-0.4, -0.2) is 44.2 Å². The Morgan fingerprint density at radius 2 is 2.00 bits per heavy atom. The molecule has 10 heteroatoms. The van der Waals surface area contributed by atoms with Gasteiger partial charge < -0.3 is 10.1 Å². The molecule has 4 rings (SSSR count). The maximum absolute atomic E-state index is 12.4. The molecule has 4 aromatic rings. The fourth-order valence-electron chi connectivity index (χ4n) is 2.81. The Balaban J connectivity index is 1.58. The zero-order valence-electron chi connectivity index (χ0n) is 14.7. The minimum absolute atomic E-state index is 0.116. The highest BCUT2D eigenvalue weighted by Crippen LogP contribution is 2.21. The second-order valence-electron chi connectivity index (χ2n) is 5.94. The van der Waals surface area contributed by atoms with E-state index in [-0.39, 0.29) is 12.2 Å². The van der Waals surface area contributed by atoms with Crippen molar-refractivity contribution in [2.75, 3.05) is 12.4 Å². The lowest BCUT2D eigenvalue weighted by Crippen LogP contribution is -2.30. The maximum Gasteiger partial charge on any atom is 0.359 e. The lowest BCUT2D eigenvalue weighted by molar-refractivity contribution is -0.117. The molecule has 0 bridgehead atoms. The molecule has 2 N–H and O–H groups in total. The quantitative estimate of drug-likeness (QED) is 0.508. The Hall–Kier alpha value is -4.08. The van der Waals surface area contributed by atoms with E-state index in [9.17, 15) is 14.4 Å². The summed E-state index contributed by atoms with van der Waals surface area (Å²) < 4.78 is 5.68. The fraction of sp³-hybridized carbons (Fsp3) is 0.111. The van der Waals surface area contributed by atoms with Crippen LogP contribution in [0.1, 0.15) is 10.5 Å². The van der Waals surface area contributed by atoms with Crippen LogP contribution in [0.15, 0.2) is 47.3 Å². The van der Waals surface area contributed by atoms with Crippen molar-refractivity contribution in [3.05, 3.63) is 58.5 Å². The number of methoxy groups -OCH3 is 1. The highest BCUT2D eigenvalue weighted by molar-refractivity contribution is 6.03. The van der Waals surface area contributed by atoms with Crippen molar-refractivity contribution in [2.45, 2.75) is 6.54 Å². The number of carbonyl (C=O) groups excluding carboxylic acids is 2. The number of anilines is 1. The number of benzene rings is 2. The summed E-state index contributed by atoms with van der Waals surface area (Å²) in [5.74, 6) is -1.05. The minimum Gasteiger partial charge on any atom is -0.464 e. The molecule has 0 unspecified atom stereocenters. The molecule has 0 radical (unpaired) electrons. The first kappa shape index (κ1) is 17.3. The summed E-state index contributed by atoms with van der Waals surface area (Å²) in [5.41, 5.74) is 1.23. The average molecular weight is 378 g/mol. The van der Waals surface area contributed by atoms with Crippen molar-refractivity contribution < 1.29 is 14.3 Å². The summed E-state index contributed by atoms with van der Waals surface area (Å²) in [6, 6.07) is 11.7. The molecule has 0 aliphatic rings. The van der Waals surface area contributed by atoms with E-state index in [1.165, 1.54) is 7.11 Å². The zero-order chi connectivity index (χ0) is 19.7. The van der Waals surface area contributed by atoms with Crippen LogP contribution in [0.3, 0.4) is 0 Å². The molecule has 28 heavy (non-hydrogen) atoms. The smallest absolute Gasteiger partial charge is 0.359 e. The number of H-pyrrole nitrogens is 1. The number of nitrogens with zero attached hydrogens (tertiary/aromatic N) is 4. The number of rotatable bonds is 4. The second-order valence-corrected chi connectivity index (χ2v) is 5.94. The largest absolute Gasteiger partial charge is 0.464 e. The normalized spacial score (nSPS) is 10.9. The SMILES string of the molecule is COC(=O)c1n[nH]c2ccc(NC(=O)Cn3nnc4ccccc4c3=O)cc12. The predicted octanol–water partition coefficient (Wildman–Crippen LogP) is 1.09. The van der Waals surface area contributed by atoms with Crippen LogP contribution in [0.5, 0.6) is 0 Å². The Kier molecular flexibility index (Phi) is 4.28. The minimum atomic E-state index is -0.590. The van der Waals surface area contributed by atoms with E-state index < -0.39 is 17.4 Å². The van der Waals surface area contributed by atoms with Crippen molar-refractivity contribution in [1.29, 1.82) is 0 Å². The van der Waals surface area contributed by atoms with E-state index in [0.29, 0.717) is 27.5 Å². The molecule has 0 saturated heterocycles. The topological polar surface area (TPSA) is 132 Å². The van der Waals surface area contributed by atoms with Gasteiger partial charge in [0.2, 0.25) is 5.91 Å². The molecule has 2 aromatic heterocycles. The summed E-state index contributed by atoms with van der Waals surface area (Å²) >= 11 is 0. The van der Waals surface area contributed by atoms with Gasteiger partial charge in [-0.3, -0.25) is 14.7 Å². The Bertz CT molecular complexity index is 1280. The molecule has 2 heterocycles. The number of hydrogen-bond acceptors (Lipinski definition) is 7. The number of hydrogen-bond donors (Lipinski definition) is 2. The van der Waals surface area contributed by atoms with Crippen molar-refractivity contribution in [2.24, 2.45) is 0 Å². The van der Waals surface area contributed by atoms with E-state index in [1.54, 1.807) is 42.5 Å². The van der Waals surface area contributed by atoms with Gasteiger partial charge in [0.15, 0.2) is 5.69 Å². The predicted molar refractivity (Wildman–Crippen MR) is 99.9 cm³/mol. The molecule has 2 aromatic carbocycles. The molecule has 0 aliphatic carbocycles. The Morgan fingerprint density at radius 3 is 2.82 bits per heavy atom. The van der Waals surface area contributed by atoms with Crippen molar-refractivity contribution >= 4 is 39.4 Å². The molecule has 0 atom stereocenters. The number of nitrogens with one attached hydrogen (secondary N) is 2. The van der Waals surface area contributed by atoms with Gasteiger partial charge in [0.05, 0.1) is 18.0 Å². The van der Waals surface area contributed by atoms with E-state index in [1.807, 2.05) is 0 Å². The van der Waals surface area contributed by atoms with E-state index in [4.69, 9.17) is 0 Å². The Labute approximate surface area is 157 Å². The van der Waals surface area contributed by atoms with Gasteiger partial charge in [-0.2, -0.15) is 5.10 Å². The standard InChI is InChI=1S/C18H14N6O4/c1-28-18(27)16-12-8-10(6-7-14(12)20-22-16)19-15(25)9-24-17(26)11-4-2-3-5-13(11)21-23-24/h2-8H,9H2,1H3,(H,19,25)(H,20,22). The van der Waals surface area contributed by atoms with E-state index >= 15 is 0 Å². The van der Waals surface area contributed by atoms with Crippen LogP contribution in [-0.2, 0) is 16.1 Å². The van der Waals surface area contributed by atoms with Crippen LogP contribution >= 0.6 is 0 Å². The molecular formula is C18H14N6O4. The van der Waals surface area contributed by atoms with Crippen LogP contribution in [0.4, 0.5) is 5.69 Å². The number of aromatic amines is 1. The van der Waals surface area contributed by atoms with E-state index in [2.05, 4.69) is 30.6 Å². The summed E-state index contributed by atoms with van der Waals surface area (Å²) in [6.07, 6.45) is 0. The van der Waals surface area contributed by atoms with Crippen molar-refractivity contribution in [3.8, 4) is 0 Å². The molecular weight excluding hydrogens is 364 g/mol. The number of carbonyl (C=O) groups is 2. The summed E-state index contributed by atoms with van der Waals surface area (Å²) in [4.78, 5) is 36.6. The zero-order valence-corrected chi connectivity index (χ0v) is 14.7. The van der Waals surface area contributed by atoms with Gasteiger partial charge in [-0.25, -0.2) is 9.48 Å². The third-order valence-electron chi connectivity index (χ3n) is 4.15. The van der Waals surface area contributed by atoms with Gasteiger partial charge in [0.1, 0.15) is 12.1 Å². The molecule has 140 valence electrons. The monoisotopic (exact) mass is 378 g/mol. The molecule has 0 saturated carbocycles. The number of ether oxygens (including phenoxy) is 1. The van der Waals surface area contributed by atoms with Crippen LogP contribution < -0.4 is 10.9 Å². The van der Waals surface area contributed by atoms with Crippen LogP contribution in [0, 0.1) is 0 Å². The average Bonchev–Trinajstić information content (AvgIpc) is 3.13. The molecule has 1 amide bonds. The second kappa shape index (κ2) is 6.91. The highest BCUT2D eigenvalue weighted by Gasteiger charge is 2.16. The van der Waals surface area contributed by atoms with Crippen LogP contribution in [0.25, 0.3) is 21.8 Å². The van der Waals surface area contributed by atoms with Crippen molar-refractivity contribution in [1.82, 2.24) is 25.2 Å². The van der Waals surface area contributed by atoms with Gasteiger partial charge in [-0.15, -0.1) is 5.10 Å². The molecule has 0 aliphatic heterocycles. The van der Waals surface area contributed by atoms with Gasteiger partial charge >= 0.3 is 5.97 Å². The fourth-order valence-corrected chi connectivity index (χ4v) is 2.81. The van der Waals surface area contributed by atoms with Gasteiger partial charge in [-0.05, 0) is 30.3 Å². The van der Waals surface area contributed by atoms with Gasteiger partial charge in [0, 0.05) is 11.1 Å². The lowest BCUT2D eigenvalue weighted by Gasteiger charge is -2.07. The van der Waals surface area contributed by atoms with E-state index in [0.717, 1.165) is 4.68 Å². The third kappa shape index (κ3) is 3.07. The Morgan fingerprint density at radius 1 is 1.18 bits per heavy atom. The number of esters is 1. The van der Waals surface area contributed by atoms with Gasteiger partial charge in [-0.1, -0.05) is 17.3 Å². The number of aromatic nitrogens is 5. The molecule has 0 fully saturated rings. The maximum atomic E-state index is 12.4. The number of fused-ring (bicyclic) bond motifs is 2. The van der Waals surface area contributed by atoms with Gasteiger partial charge in [0.25, 0.3) is 5.56 Å². The van der Waals surface area contributed by atoms with Crippen molar-refractivity contribution in [3.63, 3.8) is 0 Å². The van der Waals surface area contributed by atoms with Crippen LogP contribution in [0.2, 0.25) is 0 Å². The highest BCUT2D eigenvalue weighted by atomic mass is 16.5.